The van der Waals surface area contributed by atoms with Crippen LogP contribution in [0.25, 0.3) is 0 Å². The normalized spacial score (nSPS) is 36.6. The third-order valence-electron chi connectivity index (χ3n) is 7.32. The molecule has 1 aromatic carbocycles. The van der Waals surface area contributed by atoms with Gasteiger partial charge in [-0.25, -0.2) is 4.39 Å². The van der Waals surface area contributed by atoms with E-state index in [1.807, 2.05) is 0 Å². The lowest BCUT2D eigenvalue weighted by Crippen LogP contribution is -2.37. The first-order valence-electron chi connectivity index (χ1n) is 8.98. The average Bonchev–Trinajstić information content (AvgIpc) is 3.05. The molecule has 1 aromatic rings. The summed E-state index contributed by atoms with van der Waals surface area (Å²) < 4.78 is 13.0. The van der Waals surface area contributed by atoms with Crippen LogP contribution in [-0.2, 0) is 16.0 Å². The fourth-order valence-electron chi connectivity index (χ4n) is 5.69. The molecule has 3 nitrogen and oxygen atoms in total. The molecule has 1 heterocycles. The van der Waals surface area contributed by atoms with Crippen molar-refractivity contribution in [2.75, 3.05) is 6.54 Å². The number of rotatable bonds is 3. The third kappa shape index (κ3) is 1.97. The van der Waals surface area contributed by atoms with Crippen molar-refractivity contribution in [2.24, 2.45) is 22.7 Å². The van der Waals surface area contributed by atoms with Crippen LogP contribution in [0, 0.1) is 28.5 Å². The van der Waals surface area contributed by atoms with Crippen LogP contribution >= 0.6 is 0 Å². The Morgan fingerprint density at radius 3 is 1.96 bits per heavy atom. The zero-order valence-electron chi connectivity index (χ0n) is 15.2. The Balaban J connectivity index is 1.60. The van der Waals surface area contributed by atoms with Crippen molar-refractivity contribution in [1.82, 2.24) is 4.90 Å². The first kappa shape index (κ1) is 16.5. The maximum atomic E-state index is 13.1. The van der Waals surface area contributed by atoms with Crippen molar-refractivity contribution in [3.63, 3.8) is 0 Å². The summed E-state index contributed by atoms with van der Waals surface area (Å²) in [5, 5.41) is 0. The molecule has 4 rings (SSSR count). The summed E-state index contributed by atoms with van der Waals surface area (Å²) in [6, 6.07) is 6.25. The number of hydrogen-bond acceptors (Lipinski definition) is 2. The number of amides is 2. The van der Waals surface area contributed by atoms with Gasteiger partial charge in [0.1, 0.15) is 5.82 Å². The van der Waals surface area contributed by atoms with Gasteiger partial charge in [-0.15, -0.1) is 0 Å². The van der Waals surface area contributed by atoms with Crippen LogP contribution in [-0.4, -0.2) is 23.3 Å². The summed E-state index contributed by atoms with van der Waals surface area (Å²) in [6.45, 7) is 8.92. The summed E-state index contributed by atoms with van der Waals surface area (Å²) in [6.07, 6.45) is 1.46. The minimum absolute atomic E-state index is 0.0183. The minimum Gasteiger partial charge on any atom is -0.282 e. The number of fused-ring (bicyclic) bond motifs is 5. The standard InChI is InChI=1S/C21H24FNO2/c1-12-13(2)21(4)11-20(12,3)16-17(21)19(25)23(18(16)24)10-9-14-5-7-15(22)8-6-14/h5-8,16-17H,9-11H2,1-4H3. The number of likely N-dealkylation sites (tertiary alicyclic amines) is 1. The van der Waals surface area contributed by atoms with Crippen molar-refractivity contribution in [2.45, 2.75) is 40.5 Å². The maximum Gasteiger partial charge on any atom is 0.234 e. The second-order valence-electron chi connectivity index (χ2n) is 8.42. The minimum atomic E-state index is -0.277. The first-order chi connectivity index (χ1) is 11.7. The van der Waals surface area contributed by atoms with Gasteiger partial charge in [-0.05, 0) is 44.4 Å². The Labute approximate surface area is 147 Å². The van der Waals surface area contributed by atoms with E-state index in [1.165, 1.54) is 28.2 Å². The van der Waals surface area contributed by atoms with Gasteiger partial charge in [0.15, 0.2) is 0 Å². The predicted octanol–water partition coefficient (Wildman–Crippen LogP) is 3.74. The van der Waals surface area contributed by atoms with E-state index in [0.29, 0.717) is 13.0 Å². The summed E-state index contributed by atoms with van der Waals surface area (Å²) in [7, 11) is 0. The van der Waals surface area contributed by atoms with Crippen LogP contribution in [0.15, 0.2) is 35.4 Å². The zero-order valence-corrected chi connectivity index (χ0v) is 15.2. The van der Waals surface area contributed by atoms with E-state index in [0.717, 1.165) is 12.0 Å². The quantitative estimate of drug-likeness (QED) is 0.620. The fraction of sp³-hybridized carbons (Fsp3) is 0.524. The van der Waals surface area contributed by atoms with Crippen molar-refractivity contribution in [3.05, 3.63) is 46.8 Å². The van der Waals surface area contributed by atoms with Crippen LogP contribution in [0.1, 0.15) is 39.7 Å². The summed E-state index contributed by atoms with van der Waals surface area (Å²) in [5.74, 6) is -0.754. The number of benzene rings is 1. The van der Waals surface area contributed by atoms with Gasteiger partial charge in [-0.3, -0.25) is 14.5 Å². The summed E-state index contributed by atoms with van der Waals surface area (Å²) in [5.41, 5.74) is 3.13. The van der Waals surface area contributed by atoms with E-state index in [-0.39, 0.29) is 40.3 Å². The molecule has 4 unspecified atom stereocenters. The number of halogens is 1. The van der Waals surface area contributed by atoms with E-state index in [2.05, 4.69) is 27.7 Å². The highest BCUT2D eigenvalue weighted by Crippen LogP contribution is 2.71. The van der Waals surface area contributed by atoms with Gasteiger partial charge < -0.3 is 0 Å². The van der Waals surface area contributed by atoms with Gasteiger partial charge in [0.2, 0.25) is 11.8 Å². The van der Waals surface area contributed by atoms with Crippen LogP contribution in [0.5, 0.6) is 0 Å². The van der Waals surface area contributed by atoms with Gasteiger partial charge in [-0.2, -0.15) is 0 Å². The molecule has 0 N–H and O–H groups in total. The van der Waals surface area contributed by atoms with Crippen LogP contribution in [0.4, 0.5) is 4.39 Å². The number of carbonyl (C=O) groups is 2. The fourth-order valence-corrected chi connectivity index (χ4v) is 5.69. The second-order valence-corrected chi connectivity index (χ2v) is 8.42. The average molecular weight is 341 g/mol. The highest BCUT2D eigenvalue weighted by Gasteiger charge is 2.71. The number of imide groups is 1. The Morgan fingerprint density at radius 1 is 1.00 bits per heavy atom. The SMILES string of the molecule is CC1=C(C)C2(C)CC1(C)C1C(=O)N(CCc3ccc(F)cc3)C(=O)C12. The molecule has 0 aromatic heterocycles. The molecule has 4 heteroatoms. The van der Waals surface area contributed by atoms with Crippen LogP contribution in [0.2, 0.25) is 0 Å². The summed E-state index contributed by atoms with van der Waals surface area (Å²) >= 11 is 0. The molecule has 4 atom stereocenters. The molecule has 1 aliphatic heterocycles. The Hall–Kier alpha value is -1.97. The number of nitrogens with zero attached hydrogens (tertiary/aromatic N) is 1. The second kappa shape index (κ2) is 5.03. The molecule has 1 saturated carbocycles. The molecule has 0 radical (unpaired) electrons. The molecular weight excluding hydrogens is 317 g/mol. The highest BCUT2D eigenvalue weighted by molar-refractivity contribution is 6.07. The van der Waals surface area contributed by atoms with E-state index < -0.39 is 0 Å². The molecule has 1 saturated heterocycles. The molecule has 2 amide bonds. The molecule has 3 aliphatic rings. The molecule has 132 valence electrons. The monoisotopic (exact) mass is 341 g/mol. The van der Waals surface area contributed by atoms with Gasteiger partial charge in [0.25, 0.3) is 0 Å². The third-order valence-corrected chi connectivity index (χ3v) is 7.32. The largest absolute Gasteiger partial charge is 0.282 e. The number of hydrogen-bond donors (Lipinski definition) is 0. The van der Waals surface area contributed by atoms with E-state index in [1.54, 1.807) is 12.1 Å². The van der Waals surface area contributed by atoms with Crippen molar-refractivity contribution in [3.8, 4) is 0 Å². The van der Waals surface area contributed by atoms with Crippen molar-refractivity contribution < 1.29 is 14.0 Å². The van der Waals surface area contributed by atoms with Gasteiger partial charge in [0.05, 0.1) is 11.8 Å². The lowest BCUT2D eigenvalue weighted by molar-refractivity contribution is -0.141. The van der Waals surface area contributed by atoms with Gasteiger partial charge in [-0.1, -0.05) is 37.1 Å². The molecule has 0 spiro atoms. The molecular formula is C21H24FNO2. The van der Waals surface area contributed by atoms with Crippen molar-refractivity contribution in [1.29, 1.82) is 0 Å². The highest BCUT2D eigenvalue weighted by atomic mass is 19.1. The number of carbonyl (C=O) groups excluding carboxylic acids is 2. The first-order valence-corrected chi connectivity index (χ1v) is 8.98. The topological polar surface area (TPSA) is 37.4 Å². The lowest BCUT2D eigenvalue weighted by Gasteiger charge is -2.34. The molecule has 2 aliphatic carbocycles. The Bertz CT molecular complexity index is 770. The maximum absolute atomic E-state index is 13.1. The van der Waals surface area contributed by atoms with Crippen LogP contribution in [0.3, 0.4) is 0 Å². The Morgan fingerprint density at radius 2 is 1.48 bits per heavy atom. The molecule has 25 heavy (non-hydrogen) atoms. The zero-order chi connectivity index (χ0) is 18.1. The summed E-state index contributed by atoms with van der Waals surface area (Å²) in [4.78, 5) is 27.6. The van der Waals surface area contributed by atoms with E-state index in [9.17, 15) is 14.0 Å². The Kier molecular flexibility index (Phi) is 3.32. The predicted molar refractivity (Wildman–Crippen MR) is 93.0 cm³/mol. The molecule has 2 bridgehead atoms. The number of allylic oxidation sites excluding steroid dienone is 2. The van der Waals surface area contributed by atoms with E-state index in [4.69, 9.17) is 0 Å². The van der Waals surface area contributed by atoms with Crippen LogP contribution < -0.4 is 0 Å². The van der Waals surface area contributed by atoms with Gasteiger partial charge >= 0.3 is 0 Å². The van der Waals surface area contributed by atoms with E-state index >= 15 is 0 Å². The smallest absolute Gasteiger partial charge is 0.234 e. The lowest BCUT2D eigenvalue weighted by atomic mass is 9.66. The van der Waals surface area contributed by atoms with Gasteiger partial charge in [0, 0.05) is 17.4 Å². The molecule has 2 fully saturated rings. The van der Waals surface area contributed by atoms with Crippen molar-refractivity contribution >= 4 is 11.8 Å².